The minimum absolute atomic E-state index is 0.372. The van der Waals surface area contributed by atoms with Crippen molar-refractivity contribution in [3.05, 3.63) is 156 Å². The molecule has 5 nitrogen and oxygen atoms in total. The van der Waals surface area contributed by atoms with Crippen LogP contribution in [0.5, 0.6) is 0 Å². The second-order valence-corrected chi connectivity index (χ2v) is 13.2. The van der Waals surface area contributed by atoms with Gasteiger partial charge in [-0.15, -0.1) is 0 Å². The normalized spacial score (nSPS) is 14.6. The van der Waals surface area contributed by atoms with Gasteiger partial charge in [0.1, 0.15) is 22.6 Å². The second-order valence-electron chi connectivity index (χ2n) is 13.2. The molecule has 10 rings (SSSR count). The fourth-order valence-corrected chi connectivity index (χ4v) is 7.88. The number of para-hydroxylation sites is 2. The summed E-state index contributed by atoms with van der Waals surface area (Å²) in [5.74, 6) is 0.764. The molecule has 9 aromatic rings. The Bertz CT molecular complexity index is 2740. The smallest absolute Gasteiger partial charge is 0.150 e. The molecule has 0 N–H and O–H groups in total. The molecular weight excluding hydrogens is 595 g/mol. The lowest BCUT2D eigenvalue weighted by atomic mass is 9.72. The molecule has 1 aliphatic rings. The summed E-state index contributed by atoms with van der Waals surface area (Å²) < 4.78 is 25.4. The van der Waals surface area contributed by atoms with Crippen molar-refractivity contribution in [2.75, 3.05) is 4.90 Å². The molecule has 0 aliphatic carbocycles. The summed E-state index contributed by atoms with van der Waals surface area (Å²) in [6.45, 7) is 4.48. The van der Waals surface area contributed by atoms with E-state index in [-0.39, 0.29) is 5.41 Å². The molecule has 230 valence electrons. The van der Waals surface area contributed by atoms with Gasteiger partial charge in [0.2, 0.25) is 0 Å². The van der Waals surface area contributed by atoms with Crippen molar-refractivity contribution in [1.82, 2.24) is 14.4 Å². The predicted octanol–water partition coefficient (Wildman–Crippen LogP) is 11.1. The fourth-order valence-electron chi connectivity index (χ4n) is 7.88. The number of hydrogen-bond acceptors (Lipinski definition) is 4. The summed E-state index contributed by atoms with van der Waals surface area (Å²) >= 11 is 0. The van der Waals surface area contributed by atoms with Crippen LogP contribution in [-0.2, 0) is 5.41 Å². The molecule has 1 atom stereocenters. The van der Waals surface area contributed by atoms with Crippen LogP contribution in [0.3, 0.4) is 0 Å². The molecule has 0 bridgehead atoms. The van der Waals surface area contributed by atoms with E-state index in [2.05, 4.69) is 64.5 Å². The molecule has 5 heterocycles. The van der Waals surface area contributed by atoms with Gasteiger partial charge < -0.3 is 4.42 Å². The van der Waals surface area contributed by atoms with Crippen LogP contribution in [0.25, 0.3) is 49.3 Å². The average Bonchev–Trinajstić information content (AvgIpc) is 3.78. The first-order valence-electron chi connectivity index (χ1n) is 16.2. The van der Waals surface area contributed by atoms with E-state index in [9.17, 15) is 0 Å². The van der Waals surface area contributed by atoms with E-state index in [1.807, 2.05) is 85.1 Å². The SMILES string of the molecule is CC1(C)c2ccc(C(F)c3ccc4c5ccccc5n5ccnc5c4c3)cc2N(c2ccccn2)c2c1ccc1oc3ccccc3c21. The average molecular weight is 625 g/mol. The number of rotatable bonds is 3. The molecular formula is C42H29FN4O. The summed E-state index contributed by atoms with van der Waals surface area (Å²) in [7, 11) is 0. The predicted molar refractivity (Wildman–Crippen MR) is 191 cm³/mol. The molecule has 0 spiro atoms. The Hall–Kier alpha value is -6.01. The van der Waals surface area contributed by atoms with Crippen molar-refractivity contribution in [1.29, 1.82) is 0 Å². The van der Waals surface area contributed by atoms with Gasteiger partial charge in [-0.2, -0.15) is 0 Å². The number of imidazole rings is 1. The molecule has 48 heavy (non-hydrogen) atoms. The van der Waals surface area contributed by atoms with Gasteiger partial charge in [-0.3, -0.25) is 9.30 Å². The number of pyridine rings is 2. The van der Waals surface area contributed by atoms with Crippen molar-refractivity contribution in [3.8, 4) is 0 Å². The van der Waals surface area contributed by atoms with Crippen LogP contribution >= 0.6 is 0 Å². The van der Waals surface area contributed by atoms with Crippen molar-refractivity contribution >= 4 is 66.5 Å². The summed E-state index contributed by atoms with van der Waals surface area (Å²) in [5, 5.41) is 5.16. The maximum atomic E-state index is 17.0. The van der Waals surface area contributed by atoms with Crippen LogP contribution in [0.2, 0.25) is 0 Å². The van der Waals surface area contributed by atoms with E-state index in [1.165, 1.54) is 0 Å². The quantitative estimate of drug-likeness (QED) is 0.184. The Labute approximate surface area is 275 Å². The number of halogens is 1. The minimum Gasteiger partial charge on any atom is -0.456 e. The summed E-state index contributed by atoms with van der Waals surface area (Å²) in [4.78, 5) is 11.7. The third-order valence-corrected chi connectivity index (χ3v) is 10.2. The van der Waals surface area contributed by atoms with Crippen LogP contribution in [0.1, 0.15) is 42.3 Å². The molecule has 0 fully saturated rings. The monoisotopic (exact) mass is 624 g/mol. The summed E-state index contributed by atoms with van der Waals surface area (Å²) in [6.07, 6.45) is 4.21. The Morgan fingerprint density at radius 1 is 0.667 bits per heavy atom. The maximum Gasteiger partial charge on any atom is 0.150 e. The summed E-state index contributed by atoms with van der Waals surface area (Å²) in [6, 6.07) is 38.5. The largest absolute Gasteiger partial charge is 0.456 e. The van der Waals surface area contributed by atoms with Crippen LogP contribution in [0, 0.1) is 0 Å². The third kappa shape index (κ3) is 3.65. The van der Waals surface area contributed by atoms with Crippen LogP contribution < -0.4 is 4.90 Å². The number of aromatic nitrogens is 3. The molecule has 4 aromatic heterocycles. The number of fused-ring (bicyclic) bond motifs is 12. The standard InChI is InChI=1S/C42H29FN4O/c1-42(2)31-17-15-26(39(43)25-14-16-27-28-9-3-5-11-33(28)46-22-21-45-41(46)30(27)23-25)24-34(31)47(37-13-7-8-20-44-37)40-32(42)18-19-36-38(40)29-10-4-6-12-35(29)48-36/h3-24,39H,1-2H3. The summed E-state index contributed by atoms with van der Waals surface area (Å²) in [5.41, 5.74) is 8.52. The zero-order chi connectivity index (χ0) is 32.1. The van der Waals surface area contributed by atoms with Gasteiger partial charge in [-0.05, 0) is 70.1 Å². The van der Waals surface area contributed by atoms with Crippen molar-refractivity contribution in [3.63, 3.8) is 0 Å². The van der Waals surface area contributed by atoms with Gasteiger partial charge in [-0.1, -0.05) is 86.6 Å². The zero-order valence-corrected chi connectivity index (χ0v) is 26.4. The lowest BCUT2D eigenvalue weighted by Crippen LogP contribution is -2.31. The van der Waals surface area contributed by atoms with Gasteiger partial charge in [-0.25, -0.2) is 14.4 Å². The van der Waals surface area contributed by atoms with Gasteiger partial charge in [0, 0.05) is 40.2 Å². The molecule has 0 radical (unpaired) electrons. The molecule has 6 heteroatoms. The molecule has 1 unspecified atom stereocenters. The molecule has 0 saturated carbocycles. The zero-order valence-electron chi connectivity index (χ0n) is 26.4. The number of hydrogen-bond donors (Lipinski definition) is 0. The highest BCUT2D eigenvalue weighted by Gasteiger charge is 2.39. The number of anilines is 3. The number of benzene rings is 5. The van der Waals surface area contributed by atoms with E-state index < -0.39 is 6.17 Å². The number of furan rings is 1. The lowest BCUT2D eigenvalue weighted by Gasteiger charge is -2.42. The van der Waals surface area contributed by atoms with Crippen molar-refractivity contribution < 1.29 is 8.81 Å². The van der Waals surface area contributed by atoms with Crippen molar-refractivity contribution in [2.45, 2.75) is 25.4 Å². The van der Waals surface area contributed by atoms with E-state index in [0.717, 1.165) is 77.6 Å². The molecule has 1 aliphatic heterocycles. The first-order valence-corrected chi connectivity index (χ1v) is 16.2. The Morgan fingerprint density at radius 2 is 1.44 bits per heavy atom. The first kappa shape index (κ1) is 27.1. The van der Waals surface area contributed by atoms with Crippen LogP contribution in [-0.4, -0.2) is 14.4 Å². The molecule has 0 amide bonds. The number of alkyl halides is 1. The lowest BCUT2D eigenvalue weighted by molar-refractivity contribution is 0.402. The van der Waals surface area contributed by atoms with Crippen molar-refractivity contribution in [2.24, 2.45) is 0 Å². The maximum absolute atomic E-state index is 17.0. The van der Waals surface area contributed by atoms with E-state index in [4.69, 9.17) is 9.40 Å². The number of nitrogens with zero attached hydrogens (tertiary/aromatic N) is 4. The van der Waals surface area contributed by atoms with Crippen LogP contribution in [0.4, 0.5) is 21.6 Å². The Kier molecular flexibility index (Phi) is 5.51. The topological polar surface area (TPSA) is 46.6 Å². The van der Waals surface area contributed by atoms with Gasteiger partial charge in [0.05, 0.1) is 22.3 Å². The van der Waals surface area contributed by atoms with E-state index in [1.54, 1.807) is 12.4 Å². The highest BCUT2D eigenvalue weighted by molar-refractivity contribution is 6.15. The fraction of sp³-hybridized carbons (Fsp3) is 0.0952. The van der Waals surface area contributed by atoms with E-state index >= 15 is 4.39 Å². The molecule has 5 aromatic carbocycles. The van der Waals surface area contributed by atoms with Gasteiger partial charge in [0.15, 0.2) is 6.17 Å². The Morgan fingerprint density at radius 3 is 2.31 bits per heavy atom. The first-order chi connectivity index (χ1) is 23.5. The molecule has 0 saturated heterocycles. The van der Waals surface area contributed by atoms with Crippen LogP contribution in [0.15, 0.2) is 138 Å². The third-order valence-electron chi connectivity index (χ3n) is 10.2. The highest BCUT2D eigenvalue weighted by atomic mass is 19.1. The van der Waals surface area contributed by atoms with E-state index in [0.29, 0.717) is 11.1 Å². The minimum atomic E-state index is -1.36. The Balaban J connectivity index is 1.19. The highest BCUT2D eigenvalue weighted by Crippen LogP contribution is 2.55. The van der Waals surface area contributed by atoms with Gasteiger partial charge in [0.25, 0.3) is 0 Å². The van der Waals surface area contributed by atoms with Gasteiger partial charge >= 0.3 is 0 Å². The second kappa shape index (κ2) is 9.75.